The molecule has 86 valence electrons. The first-order valence-electron chi connectivity index (χ1n) is 4.51. The summed E-state index contributed by atoms with van der Waals surface area (Å²) in [6.07, 6.45) is 1.71. The molecule has 1 heterocycles. The van der Waals surface area contributed by atoms with E-state index < -0.39 is 0 Å². The molecule has 15 heavy (non-hydrogen) atoms. The van der Waals surface area contributed by atoms with Crippen molar-refractivity contribution in [1.29, 1.82) is 0 Å². The van der Waals surface area contributed by atoms with Gasteiger partial charge in [0.1, 0.15) is 5.82 Å². The van der Waals surface area contributed by atoms with Crippen molar-refractivity contribution in [1.82, 2.24) is 4.98 Å². The van der Waals surface area contributed by atoms with Gasteiger partial charge in [-0.25, -0.2) is 4.98 Å². The van der Waals surface area contributed by atoms with Crippen LogP contribution in [0, 0.1) is 0 Å². The predicted octanol–water partition coefficient (Wildman–Crippen LogP) is 0.186. The quantitative estimate of drug-likeness (QED) is 0.631. The van der Waals surface area contributed by atoms with Gasteiger partial charge in [-0.05, 0) is 28.1 Å². The fourth-order valence-corrected chi connectivity index (χ4v) is 0.899. The van der Waals surface area contributed by atoms with Crippen molar-refractivity contribution in [2.24, 2.45) is 5.73 Å². The lowest BCUT2D eigenvalue weighted by Crippen LogP contribution is -2.06. The first-order valence-corrected chi connectivity index (χ1v) is 5.31. The summed E-state index contributed by atoms with van der Waals surface area (Å²) in [5.74, 6) is 0.780. The molecule has 0 aromatic carbocycles. The molecule has 0 aliphatic heterocycles. The Labute approximate surface area is 97.5 Å². The largest absolute Gasteiger partial charge is 0.395 e. The maximum Gasteiger partial charge on any atom is 0.126 e. The minimum absolute atomic E-state index is 0.0972. The Morgan fingerprint density at radius 3 is 2.40 bits per heavy atom. The van der Waals surface area contributed by atoms with Gasteiger partial charge in [0.2, 0.25) is 0 Å². The first kappa shape index (κ1) is 14.3. The highest BCUT2D eigenvalue weighted by Gasteiger charge is 1.90. The van der Waals surface area contributed by atoms with Crippen molar-refractivity contribution in [3.05, 3.63) is 22.8 Å². The predicted molar refractivity (Wildman–Crippen MR) is 63.7 cm³/mol. The summed E-state index contributed by atoms with van der Waals surface area (Å²) in [6, 6.07) is 3.74. The monoisotopic (exact) mass is 277 g/mol. The molecule has 0 amide bonds. The van der Waals surface area contributed by atoms with Gasteiger partial charge in [0.25, 0.3) is 0 Å². The fourth-order valence-electron chi connectivity index (χ4n) is 0.664. The molecular formula is C9H16BrN3O2. The number of pyridine rings is 1. The Bertz CT molecular complexity index is 242. The van der Waals surface area contributed by atoms with Gasteiger partial charge >= 0.3 is 0 Å². The van der Waals surface area contributed by atoms with E-state index in [2.05, 4.69) is 26.2 Å². The van der Waals surface area contributed by atoms with Crippen molar-refractivity contribution < 1.29 is 10.2 Å². The Balaban J connectivity index is 0.000000423. The fraction of sp³-hybridized carbons (Fsp3) is 0.444. The number of hydrogen-bond acceptors (Lipinski definition) is 5. The summed E-state index contributed by atoms with van der Waals surface area (Å²) in [5.41, 5.74) is 4.78. The van der Waals surface area contributed by atoms with Gasteiger partial charge in [-0.1, -0.05) is 0 Å². The van der Waals surface area contributed by atoms with E-state index in [1.807, 2.05) is 12.1 Å². The molecule has 0 radical (unpaired) electrons. The number of aliphatic hydroxyl groups excluding tert-OH is 2. The SMILES string of the molecule is NCCO.OCCNc1ccc(Br)cn1. The summed E-state index contributed by atoms with van der Waals surface area (Å²) < 4.78 is 0.951. The van der Waals surface area contributed by atoms with Crippen LogP contribution in [0.4, 0.5) is 5.82 Å². The van der Waals surface area contributed by atoms with Crippen LogP contribution in [0.5, 0.6) is 0 Å². The van der Waals surface area contributed by atoms with Crippen LogP contribution in [0.15, 0.2) is 22.8 Å². The van der Waals surface area contributed by atoms with Crippen molar-refractivity contribution >= 4 is 21.7 Å². The standard InChI is InChI=1S/C7H9BrN2O.C2H7NO/c8-6-1-2-7(10-5-6)9-3-4-11;3-1-2-4/h1-2,5,11H,3-4H2,(H,9,10);4H,1-3H2. The molecule has 1 aromatic rings. The van der Waals surface area contributed by atoms with E-state index >= 15 is 0 Å². The Morgan fingerprint density at radius 2 is 2.00 bits per heavy atom. The third-order valence-corrected chi connectivity index (χ3v) is 1.74. The summed E-state index contributed by atoms with van der Waals surface area (Å²) >= 11 is 3.27. The lowest BCUT2D eigenvalue weighted by atomic mass is 10.4. The van der Waals surface area contributed by atoms with E-state index in [-0.39, 0.29) is 13.2 Å². The van der Waals surface area contributed by atoms with Crippen molar-refractivity contribution in [3.8, 4) is 0 Å². The van der Waals surface area contributed by atoms with Gasteiger partial charge in [-0.3, -0.25) is 0 Å². The molecule has 0 unspecified atom stereocenters. The summed E-state index contributed by atoms with van der Waals surface area (Å²) in [7, 11) is 0. The van der Waals surface area contributed by atoms with Gasteiger partial charge in [0.05, 0.1) is 13.2 Å². The molecule has 0 bridgehead atoms. The zero-order chi connectivity index (χ0) is 11.5. The van der Waals surface area contributed by atoms with Crippen molar-refractivity contribution in [2.75, 3.05) is 31.6 Å². The average Bonchev–Trinajstić information content (AvgIpc) is 2.29. The number of aliphatic hydroxyl groups is 2. The Kier molecular flexibility index (Phi) is 9.40. The number of anilines is 1. The maximum atomic E-state index is 8.48. The van der Waals surface area contributed by atoms with E-state index in [9.17, 15) is 0 Å². The van der Waals surface area contributed by atoms with E-state index in [0.717, 1.165) is 10.3 Å². The maximum absolute atomic E-state index is 8.48. The molecule has 6 heteroatoms. The Hall–Kier alpha value is -0.690. The van der Waals surface area contributed by atoms with E-state index in [4.69, 9.17) is 15.9 Å². The van der Waals surface area contributed by atoms with Crippen LogP contribution in [0.3, 0.4) is 0 Å². The number of rotatable bonds is 4. The number of hydrogen-bond donors (Lipinski definition) is 4. The minimum Gasteiger partial charge on any atom is -0.395 e. The van der Waals surface area contributed by atoms with Crippen LogP contribution in [0.1, 0.15) is 0 Å². The molecule has 0 saturated carbocycles. The lowest BCUT2D eigenvalue weighted by molar-refractivity contribution is 0.306. The van der Waals surface area contributed by atoms with E-state index in [1.54, 1.807) is 6.20 Å². The first-order chi connectivity index (χ1) is 7.24. The van der Waals surface area contributed by atoms with Gasteiger partial charge < -0.3 is 21.3 Å². The van der Waals surface area contributed by atoms with Gasteiger partial charge in [-0.2, -0.15) is 0 Å². The van der Waals surface area contributed by atoms with Crippen LogP contribution >= 0.6 is 15.9 Å². The van der Waals surface area contributed by atoms with E-state index in [0.29, 0.717) is 13.1 Å². The zero-order valence-corrected chi connectivity index (χ0v) is 9.94. The number of nitrogens with zero attached hydrogens (tertiary/aromatic N) is 1. The van der Waals surface area contributed by atoms with Crippen LogP contribution in [-0.4, -0.2) is 41.5 Å². The number of nitrogens with two attached hydrogens (primary N) is 1. The molecule has 0 aliphatic rings. The van der Waals surface area contributed by atoms with Crippen LogP contribution in [-0.2, 0) is 0 Å². The Morgan fingerprint density at radius 1 is 1.33 bits per heavy atom. The molecule has 0 atom stereocenters. The van der Waals surface area contributed by atoms with Crippen molar-refractivity contribution in [2.45, 2.75) is 0 Å². The second-order valence-electron chi connectivity index (χ2n) is 2.52. The molecule has 0 fully saturated rings. The van der Waals surface area contributed by atoms with Crippen LogP contribution in [0.2, 0.25) is 0 Å². The number of aromatic nitrogens is 1. The lowest BCUT2D eigenvalue weighted by Gasteiger charge is -2.01. The summed E-state index contributed by atoms with van der Waals surface area (Å²) in [5, 5.41) is 19.2. The normalized spacial score (nSPS) is 9.07. The van der Waals surface area contributed by atoms with Gasteiger partial charge in [-0.15, -0.1) is 0 Å². The average molecular weight is 278 g/mol. The van der Waals surface area contributed by atoms with Crippen LogP contribution < -0.4 is 11.1 Å². The highest BCUT2D eigenvalue weighted by molar-refractivity contribution is 9.10. The highest BCUT2D eigenvalue weighted by Crippen LogP contribution is 2.09. The third kappa shape index (κ3) is 8.31. The summed E-state index contributed by atoms with van der Waals surface area (Å²) in [6.45, 7) is 1.13. The van der Waals surface area contributed by atoms with Gasteiger partial charge in [0.15, 0.2) is 0 Å². The molecule has 0 spiro atoms. The molecule has 5 nitrogen and oxygen atoms in total. The van der Waals surface area contributed by atoms with E-state index in [1.165, 1.54) is 0 Å². The second-order valence-corrected chi connectivity index (χ2v) is 3.44. The summed E-state index contributed by atoms with van der Waals surface area (Å²) in [4.78, 5) is 4.05. The minimum atomic E-state index is 0.0972. The molecule has 0 aliphatic carbocycles. The molecule has 1 rings (SSSR count). The highest BCUT2D eigenvalue weighted by atomic mass is 79.9. The van der Waals surface area contributed by atoms with Gasteiger partial charge in [0, 0.05) is 23.8 Å². The topological polar surface area (TPSA) is 91.4 Å². The zero-order valence-electron chi connectivity index (χ0n) is 8.36. The number of halogens is 1. The number of nitrogens with one attached hydrogen (secondary N) is 1. The van der Waals surface area contributed by atoms with Crippen LogP contribution in [0.25, 0.3) is 0 Å². The molecule has 0 saturated heterocycles. The molecule has 5 N–H and O–H groups in total. The molecular weight excluding hydrogens is 262 g/mol. The van der Waals surface area contributed by atoms with Crippen molar-refractivity contribution in [3.63, 3.8) is 0 Å². The smallest absolute Gasteiger partial charge is 0.126 e. The third-order valence-electron chi connectivity index (χ3n) is 1.27. The molecule has 1 aromatic heterocycles. The second kappa shape index (κ2) is 9.85.